The van der Waals surface area contributed by atoms with E-state index in [9.17, 15) is 13.2 Å². The third-order valence-electron chi connectivity index (χ3n) is 2.77. The molecular formula is C12H19F3N4. The predicted molar refractivity (Wildman–Crippen MR) is 67.6 cm³/mol. The summed E-state index contributed by atoms with van der Waals surface area (Å²) in [7, 11) is 0. The second-order valence-corrected chi connectivity index (χ2v) is 4.38. The van der Waals surface area contributed by atoms with Gasteiger partial charge in [0.2, 0.25) is 5.95 Å². The Morgan fingerprint density at radius 1 is 1.37 bits per heavy atom. The highest BCUT2D eigenvalue weighted by atomic mass is 19.4. The van der Waals surface area contributed by atoms with Gasteiger partial charge in [-0.2, -0.15) is 13.2 Å². The molecule has 0 aromatic carbocycles. The molecule has 0 aliphatic carbocycles. The number of alkyl halides is 3. The van der Waals surface area contributed by atoms with Crippen LogP contribution in [0.25, 0.3) is 0 Å². The number of hydrogen-bond donors (Lipinski definition) is 2. The maximum atomic E-state index is 12.5. The SMILES string of the molecule is CCCC(CCN)CNc1nccc(C(F)(F)F)n1. The van der Waals surface area contributed by atoms with Crippen molar-refractivity contribution in [2.45, 2.75) is 32.4 Å². The molecule has 0 spiro atoms. The monoisotopic (exact) mass is 276 g/mol. The van der Waals surface area contributed by atoms with Crippen LogP contribution in [-0.4, -0.2) is 23.1 Å². The summed E-state index contributed by atoms with van der Waals surface area (Å²) in [4.78, 5) is 7.25. The number of rotatable bonds is 7. The summed E-state index contributed by atoms with van der Waals surface area (Å²) in [6.07, 6.45) is -0.520. The van der Waals surface area contributed by atoms with Crippen LogP contribution in [0.1, 0.15) is 31.9 Å². The maximum Gasteiger partial charge on any atom is 0.433 e. The number of nitrogens with two attached hydrogens (primary N) is 1. The van der Waals surface area contributed by atoms with Crippen molar-refractivity contribution in [2.24, 2.45) is 11.7 Å². The second-order valence-electron chi connectivity index (χ2n) is 4.38. The fraction of sp³-hybridized carbons (Fsp3) is 0.667. The van der Waals surface area contributed by atoms with E-state index in [1.807, 2.05) is 0 Å². The molecule has 0 radical (unpaired) electrons. The quantitative estimate of drug-likeness (QED) is 0.803. The summed E-state index contributed by atoms with van der Waals surface area (Å²) < 4.78 is 37.4. The van der Waals surface area contributed by atoms with Gasteiger partial charge in [-0.3, -0.25) is 0 Å². The van der Waals surface area contributed by atoms with Crippen molar-refractivity contribution < 1.29 is 13.2 Å². The number of hydrogen-bond acceptors (Lipinski definition) is 4. The van der Waals surface area contributed by atoms with Crippen LogP contribution in [0.5, 0.6) is 0 Å². The average molecular weight is 276 g/mol. The summed E-state index contributed by atoms with van der Waals surface area (Å²) in [5.74, 6) is 0.334. The Bertz CT molecular complexity index is 375. The first-order valence-corrected chi connectivity index (χ1v) is 6.31. The smallest absolute Gasteiger partial charge is 0.354 e. The Morgan fingerprint density at radius 3 is 2.68 bits per heavy atom. The van der Waals surface area contributed by atoms with E-state index in [0.717, 1.165) is 31.5 Å². The minimum atomic E-state index is -4.44. The Labute approximate surface area is 110 Å². The van der Waals surface area contributed by atoms with E-state index < -0.39 is 11.9 Å². The molecule has 0 aliphatic heterocycles. The molecule has 1 heterocycles. The molecule has 1 unspecified atom stereocenters. The zero-order valence-corrected chi connectivity index (χ0v) is 10.9. The first-order chi connectivity index (χ1) is 8.97. The van der Waals surface area contributed by atoms with Gasteiger partial charge < -0.3 is 11.1 Å². The van der Waals surface area contributed by atoms with Crippen LogP contribution in [0.4, 0.5) is 19.1 Å². The maximum absolute atomic E-state index is 12.5. The van der Waals surface area contributed by atoms with E-state index in [1.54, 1.807) is 0 Å². The summed E-state index contributed by atoms with van der Waals surface area (Å²) in [6, 6.07) is 0.856. The van der Waals surface area contributed by atoms with Crippen molar-refractivity contribution >= 4 is 5.95 Å². The highest BCUT2D eigenvalue weighted by Crippen LogP contribution is 2.27. The molecule has 0 saturated carbocycles. The van der Waals surface area contributed by atoms with Gasteiger partial charge in [-0.15, -0.1) is 0 Å². The van der Waals surface area contributed by atoms with Crippen molar-refractivity contribution in [2.75, 3.05) is 18.4 Å². The molecular weight excluding hydrogens is 257 g/mol. The number of nitrogens with zero attached hydrogens (tertiary/aromatic N) is 2. The third-order valence-corrected chi connectivity index (χ3v) is 2.77. The summed E-state index contributed by atoms with van der Waals surface area (Å²) in [5.41, 5.74) is 4.57. The van der Waals surface area contributed by atoms with Gasteiger partial charge in [-0.1, -0.05) is 13.3 Å². The fourth-order valence-corrected chi connectivity index (χ4v) is 1.83. The van der Waals surface area contributed by atoms with Crippen LogP contribution in [0.3, 0.4) is 0 Å². The number of nitrogens with one attached hydrogen (secondary N) is 1. The number of aromatic nitrogens is 2. The lowest BCUT2D eigenvalue weighted by molar-refractivity contribution is -0.141. The van der Waals surface area contributed by atoms with Gasteiger partial charge in [0.05, 0.1) is 0 Å². The van der Waals surface area contributed by atoms with E-state index >= 15 is 0 Å². The Kier molecular flexibility index (Phi) is 6.01. The topological polar surface area (TPSA) is 63.8 Å². The van der Waals surface area contributed by atoms with E-state index in [0.29, 0.717) is 19.0 Å². The molecule has 0 aliphatic rings. The molecule has 108 valence electrons. The van der Waals surface area contributed by atoms with Gasteiger partial charge in [0.1, 0.15) is 5.69 Å². The molecule has 1 atom stereocenters. The lowest BCUT2D eigenvalue weighted by atomic mass is 10.00. The van der Waals surface area contributed by atoms with Crippen molar-refractivity contribution in [3.05, 3.63) is 18.0 Å². The Hall–Kier alpha value is -1.37. The van der Waals surface area contributed by atoms with Crippen LogP contribution >= 0.6 is 0 Å². The van der Waals surface area contributed by atoms with Gasteiger partial charge in [-0.05, 0) is 31.4 Å². The van der Waals surface area contributed by atoms with Gasteiger partial charge in [0.15, 0.2) is 0 Å². The summed E-state index contributed by atoms with van der Waals surface area (Å²) in [5, 5.41) is 2.85. The van der Waals surface area contributed by atoms with Gasteiger partial charge in [-0.25, -0.2) is 9.97 Å². The molecule has 0 bridgehead atoms. The van der Waals surface area contributed by atoms with E-state index in [4.69, 9.17) is 5.73 Å². The molecule has 0 amide bonds. The normalized spacial score (nSPS) is 13.3. The second kappa shape index (κ2) is 7.28. The van der Waals surface area contributed by atoms with Crippen LogP contribution < -0.4 is 11.1 Å². The van der Waals surface area contributed by atoms with Gasteiger partial charge >= 0.3 is 6.18 Å². The zero-order chi connectivity index (χ0) is 14.3. The van der Waals surface area contributed by atoms with Crippen LogP contribution in [0.2, 0.25) is 0 Å². The van der Waals surface area contributed by atoms with Crippen LogP contribution in [0, 0.1) is 5.92 Å². The first-order valence-electron chi connectivity index (χ1n) is 6.31. The highest BCUT2D eigenvalue weighted by Gasteiger charge is 2.32. The minimum absolute atomic E-state index is 0.00736. The van der Waals surface area contributed by atoms with E-state index in [1.165, 1.54) is 0 Å². The first kappa shape index (κ1) is 15.7. The van der Waals surface area contributed by atoms with E-state index in [-0.39, 0.29) is 5.95 Å². The molecule has 7 heteroatoms. The largest absolute Gasteiger partial charge is 0.433 e. The average Bonchev–Trinajstić information content (AvgIpc) is 2.36. The number of anilines is 1. The van der Waals surface area contributed by atoms with E-state index in [2.05, 4.69) is 22.2 Å². The zero-order valence-electron chi connectivity index (χ0n) is 10.9. The molecule has 4 nitrogen and oxygen atoms in total. The molecule has 1 rings (SSSR count). The summed E-state index contributed by atoms with van der Waals surface area (Å²) >= 11 is 0. The fourth-order valence-electron chi connectivity index (χ4n) is 1.83. The Morgan fingerprint density at radius 2 is 2.11 bits per heavy atom. The predicted octanol–water partition coefficient (Wildman–Crippen LogP) is 2.67. The molecule has 1 aromatic heterocycles. The highest BCUT2D eigenvalue weighted by molar-refractivity contribution is 5.26. The standard InChI is InChI=1S/C12H19F3N4/c1-2-3-9(4-6-16)8-18-11-17-7-5-10(19-11)12(13,14)15/h5,7,9H,2-4,6,8,16H2,1H3,(H,17,18,19). The molecule has 19 heavy (non-hydrogen) atoms. The molecule has 1 aromatic rings. The Balaban J connectivity index is 2.61. The lowest BCUT2D eigenvalue weighted by Crippen LogP contribution is -2.20. The molecule has 3 N–H and O–H groups in total. The van der Waals surface area contributed by atoms with Crippen molar-refractivity contribution in [3.63, 3.8) is 0 Å². The molecule has 0 saturated heterocycles. The van der Waals surface area contributed by atoms with Crippen LogP contribution in [-0.2, 0) is 6.18 Å². The van der Waals surface area contributed by atoms with Crippen molar-refractivity contribution in [1.29, 1.82) is 0 Å². The minimum Gasteiger partial charge on any atom is -0.354 e. The van der Waals surface area contributed by atoms with Gasteiger partial charge in [0, 0.05) is 12.7 Å². The lowest BCUT2D eigenvalue weighted by Gasteiger charge is -2.16. The number of halogens is 3. The summed E-state index contributed by atoms with van der Waals surface area (Å²) in [6.45, 7) is 3.16. The van der Waals surface area contributed by atoms with Crippen LogP contribution in [0.15, 0.2) is 12.3 Å². The van der Waals surface area contributed by atoms with Crippen molar-refractivity contribution in [3.8, 4) is 0 Å². The molecule has 0 fully saturated rings. The van der Waals surface area contributed by atoms with Gasteiger partial charge in [0.25, 0.3) is 0 Å². The van der Waals surface area contributed by atoms with Crippen molar-refractivity contribution in [1.82, 2.24) is 9.97 Å². The third kappa shape index (κ3) is 5.42.